The van der Waals surface area contributed by atoms with Crippen LogP contribution in [0.1, 0.15) is 37.8 Å². The van der Waals surface area contributed by atoms with Crippen molar-refractivity contribution in [3.05, 3.63) is 42.0 Å². The lowest BCUT2D eigenvalue weighted by Crippen LogP contribution is -2.08. The zero-order valence-electron chi connectivity index (χ0n) is 10.2. The highest BCUT2D eigenvalue weighted by Gasteiger charge is 2.11. The van der Waals surface area contributed by atoms with E-state index in [0.717, 1.165) is 16.9 Å². The summed E-state index contributed by atoms with van der Waals surface area (Å²) >= 11 is 0. The second kappa shape index (κ2) is 5.42. The molecule has 0 saturated heterocycles. The fourth-order valence-electron chi connectivity index (χ4n) is 1.56. The van der Waals surface area contributed by atoms with Crippen molar-refractivity contribution in [2.24, 2.45) is 0 Å². The monoisotopic (exact) mass is 214 g/mol. The van der Waals surface area contributed by atoms with Gasteiger partial charge in [-0.25, -0.2) is 0 Å². The zero-order chi connectivity index (χ0) is 12.1. The van der Waals surface area contributed by atoms with Crippen molar-refractivity contribution in [2.75, 3.05) is 0 Å². The average molecular weight is 214 g/mol. The second-order valence-corrected chi connectivity index (χ2v) is 4.06. The summed E-state index contributed by atoms with van der Waals surface area (Å²) in [4.78, 5) is 0. The lowest BCUT2D eigenvalue weighted by atomic mass is 9.95. The van der Waals surface area contributed by atoms with E-state index in [2.05, 4.69) is 19.4 Å². The maximum Gasteiger partial charge on any atom is 0.135 e. The van der Waals surface area contributed by atoms with Crippen molar-refractivity contribution in [3.8, 4) is 18.1 Å². The summed E-state index contributed by atoms with van der Waals surface area (Å²) < 4.78 is 5.69. The van der Waals surface area contributed by atoms with Gasteiger partial charge in [-0.05, 0) is 25.5 Å². The topological polar surface area (TPSA) is 9.23 Å². The molecule has 1 aromatic carbocycles. The van der Waals surface area contributed by atoms with Gasteiger partial charge in [-0.3, -0.25) is 0 Å². The molecule has 0 aliphatic heterocycles. The SMILES string of the molecule is C#Cc1c(OC(C)C)cccc1C(C)C=C. The number of benzene rings is 1. The minimum atomic E-state index is 0.126. The van der Waals surface area contributed by atoms with Gasteiger partial charge in [0.1, 0.15) is 5.75 Å². The largest absolute Gasteiger partial charge is 0.490 e. The van der Waals surface area contributed by atoms with Crippen LogP contribution >= 0.6 is 0 Å². The third kappa shape index (κ3) is 2.67. The Morgan fingerprint density at radius 3 is 2.56 bits per heavy atom. The van der Waals surface area contributed by atoms with Gasteiger partial charge in [0.15, 0.2) is 0 Å². The number of ether oxygens (including phenoxy) is 1. The van der Waals surface area contributed by atoms with E-state index in [9.17, 15) is 0 Å². The fraction of sp³-hybridized carbons (Fsp3) is 0.333. The summed E-state index contributed by atoms with van der Waals surface area (Å²) in [5.74, 6) is 3.73. The van der Waals surface area contributed by atoms with E-state index in [4.69, 9.17) is 11.2 Å². The predicted molar refractivity (Wildman–Crippen MR) is 68.8 cm³/mol. The van der Waals surface area contributed by atoms with Crippen LogP contribution < -0.4 is 4.74 Å². The lowest BCUT2D eigenvalue weighted by Gasteiger charge is -2.16. The van der Waals surface area contributed by atoms with Crippen LogP contribution in [0.4, 0.5) is 0 Å². The molecule has 1 unspecified atom stereocenters. The van der Waals surface area contributed by atoms with Crippen LogP contribution in [-0.4, -0.2) is 6.10 Å². The molecule has 0 saturated carbocycles. The van der Waals surface area contributed by atoms with Crippen molar-refractivity contribution < 1.29 is 4.74 Å². The van der Waals surface area contributed by atoms with E-state index >= 15 is 0 Å². The van der Waals surface area contributed by atoms with Gasteiger partial charge >= 0.3 is 0 Å². The molecule has 0 aliphatic carbocycles. The second-order valence-electron chi connectivity index (χ2n) is 4.06. The van der Waals surface area contributed by atoms with Gasteiger partial charge < -0.3 is 4.74 Å². The number of rotatable bonds is 4. The molecular formula is C15H18O. The minimum Gasteiger partial charge on any atom is -0.490 e. The van der Waals surface area contributed by atoms with Crippen molar-refractivity contribution >= 4 is 0 Å². The molecule has 0 N–H and O–H groups in total. The van der Waals surface area contributed by atoms with Gasteiger partial charge in [-0.2, -0.15) is 0 Å². The summed E-state index contributed by atoms with van der Waals surface area (Å²) in [6.45, 7) is 9.85. The smallest absolute Gasteiger partial charge is 0.135 e. The van der Waals surface area contributed by atoms with E-state index in [1.165, 1.54) is 0 Å². The molecular weight excluding hydrogens is 196 g/mol. The Balaban J connectivity index is 3.21. The molecule has 0 aliphatic rings. The Morgan fingerprint density at radius 1 is 1.38 bits per heavy atom. The van der Waals surface area contributed by atoms with Gasteiger partial charge in [0.2, 0.25) is 0 Å². The standard InChI is InChI=1S/C15H18O/c1-6-12(5)14-9-8-10-15(13(14)7-2)16-11(3)4/h2,6,8-12H,1H2,3-5H3. The predicted octanol–water partition coefficient (Wildman–Crippen LogP) is 3.74. The summed E-state index contributed by atoms with van der Waals surface area (Å²) in [6, 6.07) is 5.90. The van der Waals surface area contributed by atoms with Gasteiger partial charge in [-0.15, -0.1) is 13.0 Å². The first-order valence-corrected chi connectivity index (χ1v) is 5.48. The number of hydrogen-bond donors (Lipinski definition) is 0. The highest BCUT2D eigenvalue weighted by Crippen LogP contribution is 2.28. The van der Waals surface area contributed by atoms with Crippen LogP contribution in [-0.2, 0) is 0 Å². The quantitative estimate of drug-likeness (QED) is 0.548. The molecule has 16 heavy (non-hydrogen) atoms. The normalized spacial score (nSPS) is 11.9. The lowest BCUT2D eigenvalue weighted by molar-refractivity contribution is 0.241. The summed E-state index contributed by atoms with van der Waals surface area (Å²) in [5.41, 5.74) is 1.93. The molecule has 0 heterocycles. The Hall–Kier alpha value is -1.68. The third-order valence-electron chi connectivity index (χ3n) is 2.41. The first-order chi connectivity index (χ1) is 7.60. The van der Waals surface area contributed by atoms with Crippen molar-refractivity contribution in [2.45, 2.75) is 32.8 Å². The molecule has 1 rings (SSSR count). The Kier molecular flexibility index (Phi) is 4.19. The van der Waals surface area contributed by atoms with Crippen LogP contribution in [0.5, 0.6) is 5.75 Å². The van der Waals surface area contributed by atoms with Crippen LogP contribution in [0.25, 0.3) is 0 Å². The molecule has 0 fully saturated rings. The average Bonchev–Trinajstić information content (AvgIpc) is 2.27. The summed E-state index contributed by atoms with van der Waals surface area (Å²) in [7, 11) is 0. The molecule has 84 valence electrons. The fourth-order valence-corrected chi connectivity index (χ4v) is 1.56. The zero-order valence-corrected chi connectivity index (χ0v) is 10.2. The number of allylic oxidation sites excluding steroid dienone is 1. The van der Waals surface area contributed by atoms with Crippen molar-refractivity contribution in [1.29, 1.82) is 0 Å². The van der Waals surface area contributed by atoms with E-state index in [1.54, 1.807) is 0 Å². The Labute approximate surface area is 98.1 Å². The molecule has 0 spiro atoms. The summed E-state index contributed by atoms with van der Waals surface area (Å²) in [5, 5.41) is 0. The maximum absolute atomic E-state index is 5.69. The molecule has 1 heteroatoms. The van der Waals surface area contributed by atoms with E-state index in [0.29, 0.717) is 0 Å². The van der Waals surface area contributed by atoms with Gasteiger partial charge in [0.05, 0.1) is 11.7 Å². The van der Waals surface area contributed by atoms with Gasteiger partial charge in [0, 0.05) is 5.92 Å². The van der Waals surface area contributed by atoms with Gasteiger partial charge in [-0.1, -0.05) is 31.1 Å². The molecule has 0 aromatic heterocycles. The van der Waals surface area contributed by atoms with Crippen LogP contribution in [0.2, 0.25) is 0 Å². The van der Waals surface area contributed by atoms with E-state index in [1.807, 2.05) is 38.1 Å². The minimum absolute atomic E-state index is 0.126. The highest BCUT2D eigenvalue weighted by atomic mass is 16.5. The Bertz CT molecular complexity index is 410. The highest BCUT2D eigenvalue weighted by molar-refractivity contribution is 5.52. The van der Waals surface area contributed by atoms with Crippen molar-refractivity contribution in [1.82, 2.24) is 0 Å². The molecule has 0 bridgehead atoms. The van der Waals surface area contributed by atoms with Crippen molar-refractivity contribution in [3.63, 3.8) is 0 Å². The van der Waals surface area contributed by atoms with Crippen LogP contribution in [0, 0.1) is 12.3 Å². The molecule has 0 amide bonds. The Morgan fingerprint density at radius 2 is 2.06 bits per heavy atom. The summed E-state index contributed by atoms with van der Waals surface area (Å²) in [6.07, 6.45) is 7.57. The maximum atomic E-state index is 5.69. The third-order valence-corrected chi connectivity index (χ3v) is 2.41. The molecule has 1 atom stereocenters. The van der Waals surface area contributed by atoms with Gasteiger partial charge in [0.25, 0.3) is 0 Å². The first-order valence-electron chi connectivity index (χ1n) is 5.48. The molecule has 0 radical (unpaired) electrons. The van der Waals surface area contributed by atoms with Crippen LogP contribution in [0.15, 0.2) is 30.9 Å². The van der Waals surface area contributed by atoms with E-state index < -0.39 is 0 Å². The van der Waals surface area contributed by atoms with E-state index in [-0.39, 0.29) is 12.0 Å². The molecule has 1 nitrogen and oxygen atoms in total. The number of terminal acetylenes is 1. The van der Waals surface area contributed by atoms with Crippen LogP contribution in [0.3, 0.4) is 0 Å². The molecule has 1 aromatic rings. The first kappa shape index (κ1) is 12.4. The number of hydrogen-bond acceptors (Lipinski definition) is 1.